The molecule has 2 aliphatic heterocycles. The highest BCUT2D eigenvalue weighted by molar-refractivity contribution is 7.98. The van der Waals surface area contributed by atoms with Crippen molar-refractivity contribution in [3.05, 3.63) is 103 Å². The summed E-state index contributed by atoms with van der Waals surface area (Å²) in [7, 11) is 0. The molecular formula is C29H27N3O4S2. The van der Waals surface area contributed by atoms with Gasteiger partial charge in [0.1, 0.15) is 4.53 Å². The first-order chi connectivity index (χ1) is 18.3. The number of thiazole rings is 1. The Balaban J connectivity index is 1.79. The zero-order chi connectivity index (χ0) is 27.1. The second kappa shape index (κ2) is 10.2. The normalized spacial score (nSPS) is 17.9. The third-order valence-corrected chi connectivity index (χ3v) is 8.25. The Labute approximate surface area is 228 Å². The SMILES string of the molecule is C=CCN1C(=O)/C(=c2\sc3n(c2=O)[C@H](c2ccc(SC)cc2)C(C(=O)OC(C)C)=C(C)N=3)c2ccccc21. The minimum absolute atomic E-state index is 0.257. The molecule has 3 heterocycles. The first kappa shape index (κ1) is 25.9. The number of carbonyl (C=O) groups excluding carboxylic acids is 2. The highest BCUT2D eigenvalue weighted by atomic mass is 32.2. The molecule has 2 aromatic carbocycles. The number of nitrogens with zero attached hydrogens (tertiary/aromatic N) is 3. The number of amides is 1. The number of ether oxygens (including phenoxy) is 1. The molecule has 7 nitrogen and oxygen atoms in total. The van der Waals surface area contributed by atoms with Crippen LogP contribution >= 0.6 is 23.1 Å². The van der Waals surface area contributed by atoms with Gasteiger partial charge in [0, 0.05) is 17.0 Å². The van der Waals surface area contributed by atoms with Gasteiger partial charge >= 0.3 is 5.97 Å². The van der Waals surface area contributed by atoms with Crippen molar-refractivity contribution in [1.29, 1.82) is 0 Å². The van der Waals surface area contributed by atoms with Gasteiger partial charge in [0.15, 0.2) is 4.80 Å². The van der Waals surface area contributed by atoms with Crippen LogP contribution < -0.4 is 19.8 Å². The zero-order valence-electron chi connectivity index (χ0n) is 21.6. The van der Waals surface area contributed by atoms with E-state index in [2.05, 4.69) is 11.6 Å². The van der Waals surface area contributed by atoms with Crippen molar-refractivity contribution in [3.63, 3.8) is 0 Å². The highest BCUT2D eigenvalue weighted by Gasteiger charge is 2.37. The van der Waals surface area contributed by atoms with Gasteiger partial charge in [-0.25, -0.2) is 9.79 Å². The topological polar surface area (TPSA) is 81.0 Å². The Morgan fingerprint density at radius 1 is 1.18 bits per heavy atom. The number of fused-ring (bicyclic) bond motifs is 2. The van der Waals surface area contributed by atoms with Crippen molar-refractivity contribution in [2.24, 2.45) is 4.99 Å². The monoisotopic (exact) mass is 545 g/mol. The van der Waals surface area contributed by atoms with E-state index in [1.54, 1.807) is 43.5 Å². The number of anilines is 1. The molecule has 1 aromatic heterocycles. The van der Waals surface area contributed by atoms with E-state index in [4.69, 9.17) is 4.74 Å². The molecule has 0 saturated carbocycles. The quantitative estimate of drug-likeness (QED) is 0.267. The second-order valence-corrected chi connectivity index (χ2v) is 11.1. The second-order valence-electron chi connectivity index (χ2n) is 9.23. The van der Waals surface area contributed by atoms with Gasteiger partial charge in [-0.2, -0.15) is 0 Å². The summed E-state index contributed by atoms with van der Waals surface area (Å²) in [4.78, 5) is 48.8. The molecule has 5 rings (SSSR count). The largest absolute Gasteiger partial charge is 0.459 e. The number of aromatic nitrogens is 1. The van der Waals surface area contributed by atoms with Gasteiger partial charge in [-0.1, -0.05) is 47.7 Å². The van der Waals surface area contributed by atoms with E-state index in [9.17, 15) is 14.4 Å². The average Bonchev–Trinajstić information content (AvgIpc) is 3.35. The molecule has 9 heteroatoms. The molecule has 0 fully saturated rings. The van der Waals surface area contributed by atoms with E-state index >= 15 is 0 Å². The average molecular weight is 546 g/mol. The van der Waals surface area contributed by atoms with Gasteiger partial charge in [-0.15, -0.1) is 18.3 Å². The van der Waals surface area contributed by atoms with Crippen molar-refractivity contribution in [2.45, 2.75) is 37.8 Å². The van der Waals surface area contributed by atoms with E-state index in [0.29, 0.717) is 38.3 Å². The molecule has 0 saturated heterocycles. The minimum Gasteiger partial charge on any atom is -0.459 e. The lowest BCUT2D eigenvalue weighted by Gasteiger charge is -2.25. The van der Waals surface area contributed by atoms with Crippen LogP contribution in [0.3, 0.4) is 0 Å². The standard InChI is InChI=1S/C29H27N3O4S2/c1-6-15-31-21-10-8-7-9-20(21)23(26(31)33)25-27(34)32-24(18-11-13-19(37-5)14-12-18)22(28(35)36-16(2)3)17(4)30-29(32)38-25/h6-14,16,24H,1,15H2,2-5H3/b25-23-/t24-/m1/s1. The number of carbonyl (C=O) groups is 2. The Morgan fingerprint density at radius 3 is 2.55 bits per heavy atom. The molecule has 1 atom stereocenters. The number of hydrogen-bond acceptors (Lipinski definition) is 7. The number of rotatable bonds is 6. The minimum atomic E-state index is -0.737. The summed E-state index contributed by atoms with van der Waals surface area (Å²) in [6.07, 6.45) is 3.31. The fraction of sp³-hybridized carbons (Fsp3) is 0.241. The van der Waals surface area contributed by atoms with E-state index in [1.165, 1.54) is 15.9 Å². The van der Waals surface area contributed by atoms with Gasteiger partial charge < -0.3 is 9.64 Å². The van der Waals surface area contributed by atoms with E-state index in [1.807, 2.05) is 54.8 Å². The van der Waals surface area contributed by atoms with Crippen LogP contribution in [0.2, 0.25) is 0 Å². The smallest absolute Gasteiger partial charge is 0.338 e. The third kappa shape index (κ3) is 4.25. The summed E-state index contributed by atoms with van der Waals surface area (Å²) in [5.74, 6) is -0.773. The Kier molecular flexibility index (Phi) is 6.98. The maximum Gasteiger partial charge on any atom is 0.338 e. The Morgan fingerprint density at radius 2 is 1.89 bits per heavy atom. The molecule has 0 N–H and O–H groups in total. The maximum atomic E-state index is 14.1. The van der Waals surface area contributed by atoms with Crippen LogP contribution in [-0.2, 0) is 14.3 Å². The summed E-state index contributed by atoms with van der Waals surface area (Å²) in [5, 5.41) is 0. The molecule has 194 valence electrons. The van der Waals surface area contributed by atoms with E-state index in [0.717, 1.165) is 16.1 Å². The Hall–Kier alpha value is -3.69. The van der Waals surface area contributed by atoms with Crippen LogP contribution in [0, 0.1) is 0 Å². The molecule has 1 amide bonds. The zero-order valence-corrected chi connectivity index (χ0v) is 23.2. The summed E-state index contributed by atoms with van der Waals surface area (Å²) >= 11 is 2.77. The molecule has 38 heavy (non-hydrogen) atoms. The molecule has 0 bridgehead atoms. The lowest BCUT2D eigenvalue weighted by molar-refractivity contribution is -0.143. The maximum absolute atomic E-state index is 14.1. The van der Waals surface area contributed by atoms with Crippen LogP contribution in [0.5, 0.6) is 0 Å². The third-order valence-electron chi connectivity index (χ3n) is 6.45. The fourth-order valence-corrected chi connectivity index (χ4v) is 6.37. The van der Waals surface area contributed by atoms with Gasteiger partial charge in [0.05, 0.1) is 34.7 Å². The summed E-state index contributed by atoms with van der Waals surface area (Å²) < 4.78 is 7.40. The summed E-state index contributed by atoms with van der Waals surface area (Å²) in [6.45, 7) is 9.42. The highest BCUT2D eigenvalue weighted by Crippen LogP contribution is 2.36. The molecular weight excluding hydrogens is 518 g/mol. The van der Waals surface area contributed by atoms with E-state index < -0.39 is 12.0 Å². The lowest BCUT2D eigenvalue weighted by Crippen LogP contribution is -2.41. The number of benzene rings is 2. The van der Waals surface area contributed by atoms with Crippen molar-refractivity contribution in [3.8, 4) is 0 Å². The van der Waals surface area contributed by atoms with Crippen LogP contribution in [0.1, 0.15) is 37.9 Å². The van der Waals surface area contributed by atoms with Gasteiger partial charge in [-0.3, -0.25) is 14.2 Å². The first-order valence-electron chi connectivity index (χ1n) is 12.2. The summed E-state index contributed by atoms with van der Waals surface area (Å²) in [6, 6.07) is 14.4. The molecule has 0 aliphatic carbocycles. The fourth-order valence-electron chi connectivity index (χ4n) is 4.82. The predicted octanol–water partition coefficient (Wildman–Crippen LogP) is 3.81. The number of hydrogen-bond donors (Lipinski definition) is 0. The number of thioether (sulfide) groups is 1. The van der Waals surface area contributed by atoms with Crippen LogP contribution in [0.4, 0.5) is 5.69 Å². The lowest BCUT2D eigenvalue weighted by atomic mass is 9.96. The Bertz CT molecular complexity index is 1680. The van der Waals surface area contributed by atoms with Crippen molar-refractivity contribution in [1.82, 2.24) is 4.57 Å². The van der Waals surface area contributed by atoms with Gasteiger partial charge in [-0.05, 0) is 50.8 Å². The van der Waals surface area contributed by atoms with Crippen LogP contribution in [-0.4, -0.2) is 35.3 Å². The van der Waals surface area contributed by atoms with Crippen molar-refractivity contribution < 1.29 is 14.3 Å². The number of esters is 1. The number of para-hydroxylation sites is 1. The molecule has 0 spiro atoms. The first-order valence-corrected chi connectivity index (χ1v) is 14.2. The van der Waals surface area contributed by atoms with Gasteiger partial charge in [0.25, 0.3) is 11.5 Å². The summed E-state index contributed by atoms with van der Waals surface area (Å²) in [5.41, 5.74) is 2.96. The van der Waals surface area contributed by atoms with Crippen LogP contribution in [0.15, 0.2) is 87.1 Å². The molecule has 0 unspecified atom stereocenters. The van der Waals surface area contributed by atoms with E-state index in [-0.39, 0.29) is 17.6 Å². The molecule has 3 aromatic rings. The predicted molar refractivity (Wildman–Crippen MR) is 151 cm³/mol. The number of allylic oxidation sites excluding steroid dienone is 1. The molecule has 2 aliphatic rings. The van der Waals surface area contributed by atoms with Crippen LogP contribution in [0.25, 0.3) is 5.57 Å². The van der Waals surface area contributed by atoms with Crippen molar-refractivity contribution >= 4 is 46.2 Å². The molecule has 0 radical (unpaired) electrons. The van der Waals surface area contributed by atoms with Crippen molar-refractivity contribution in [2.75, 3.05) is 17.7 Å². The van der Waals surface area contributed by atoms with Gasteiger partial charge in [0.2, 0.25) is 0 Å².